The van der Waals surface area contributed by atoms with E-state index in [1.54, 1.807) is 24.3 Å². The maximum atomic E-state index is 5.77. The lowest BCUT2D eigenvalue weighted by atomic mass is 10.2. The molecule has 0 aliphatic heterocycles. The highest BCUT2D eigenvalue weighted by Crippen LogP contribution is 2.42. The summed E-state index contributed by atoms with van der Waals surface area (Å²) in [5, 5.41) is 2.98. The highest BCUT2D eigenvalue weighted by atomic mass is 35.6. The molecule has 5 nitrogen and oxygen atoms in total. The summed E-state index contributed by atoms with van der Waals surface area (Å²) >= 11 is 68.6. The third-order valence-electron chi connectivity index (χ3n) is 3.75. The fourth-order valence-electron chi connectivity index (χ4n) is 2.15. The fraction of sp³-hybridized carbons (Fsp3) is 0.500. The molecule has 1 heterocycles. The quantitative estimate of drug-likeness (QED) is 0.246. The monoisotopic (exact) mass is 723 g/mol. The second-order valence-corrected chi connectivity index (χ2v) is 16.1. The lowest BCUT2D eigenvalue weighted by Gasteiger charge is -2.16. The van der Waals surface area contributed by atoms with Crippen LogP contribution in [0.2, 0.25) is 0 Å². The van der Waals surface area contributed by atoms with E-state index >= 15 is 0 Å². The summed E-state index contributed by atoms with van der Waals surface area (Å²) in [6.07, 6.45) is 0.866. The molecule has 198 valence electrons. The van der Waals surface area contributed by atoms with Crippen molar-refractivity contribution in [1.29, 1.82) is 0 Å². The van der Waals surface area contributed by atoms with Gasteiger partial charge in [-0.1, -0.05) is 163 Å². The third-order valence-corrected chi connectivity index (χ3v) is 6.07. The molecule has 35 heavy (non-hydrogen) atoms. The Kier molecular flexibility index (Phi) is 14.0. The van der Waals surface area contributed by atoms with E-state index in [0.29, 0.717) is 17.7 Å². The minimum absolute atomic E-state index is 0.112. The predicted octanol–water partition coefficient (Wildman–Crippen LogP) is 9.23. The molecule has 0 amide bonds. The Morgan fingerprint density at radius 2 is 1.00 bits per heavy atom. The van der Waals surface area contributed by atoms with Crippen LogP contribution in [-0.4, -0.2) is 47.0 Å². The Hall–Kier alpha value is 1.47. The Morgan fingerprint density at radius 3 is 1.29 bits per heavy atom. The fourth-order valence-corrected chi connectivity index (χ4v) is 3.42. The van der Waals surface area contributed by atoms with E-state index in [4.69, 9.17) is 139 Å². The molecule has 0 saturated carbocycles. The average Bonchev–Trinajstić information content (AvgIpc) is 2.69. The topological polar surface area (TPSA) is 53.9 Å². The molecule has 2 aromatic rings. The van der Waals surface area contributed by atoms with Gasteiger partial charge in [-0.05, 0) is 27.1 Å². The smallest absolute Gasteiger partial charge is 0.250 e. The van der Waals surface area contributed by atoms with Gasteiger partial charge in [0.05, 0.1) is 0 Å². The van der Waals surface area contributed by atoms with E-state index in [0.717, 1.165) is 13.0 Å². The minimum Gasteiger partial charge on any atom is -0.354 e. The van der Waals surface area contributed by atoms with Crippen molar-refractivity contribution < 1.29 is 0 Å². The van der Waals surface area contributed by atoms with Crippen molar-refractivity contribution in [3.8, 4) is 0 Å². The number of benzene rings is 1. The number of nitrogens with zero attached hydrogens (tertiary/aromatic N) is 4. The molecule has 0 aliphatic rings. The number of hydrogen-bond donors (Lipinski definition) is 1. The van der Waals surface area contributed by atoms with Crippen LogP contribution in [0.3, 0.4) is 0 Å². The Morgan fingerprint density at radius 1 is 0.629 bits per heavy atom. The Bertz CT molecular complexity index is 866. The second kappa shape index (κ2) is 14.2. The molecule has 2 rings (SSSR count). The van der Waals surface area contributed by atoms with Crippen LogP contribution in [0.25, 0.3) is 0 Å². The first-order valence-electron chi connectivity index (χ1n) is 9.25. The first-order valence-corrected chi connectivity index (χ1v) is 13.8. The maximum Gasteiger partial charge on any atom is 0.250 e. The van der Waals surface area contributed by atoms with Gasteiger partial charge in [0.25, 0.3) is 0 Å². The summed E-state index contributed by atoms with van der Waals surface area (Å²) in [6, 6.07) is 6.41. The lowest BCUT2D eigenvalue weighted by molar-refractivity contribution is 0.405. The van der Waals surface area contributed by atoms with E-state index in [1.165, 1.54) is 0 Å². The maximum absolute atomic E-state index is 5.77. The van der Waals surface area contributed by atoms with Crippen LogP contribution in [0.1, 0.15) is 29.2 Å². The number of alkyl halides is 12. The van der Waals surface area contributed by atoms with Crippen molar-refractivity contribution in [2.75, 3.05) is 32.5 Å². The van der Waals surface area contributed by atoms with Gasteiger partial charge in [-0.25, -0.2) is 4.98 Å². The van der Waals surface area contributed by atoms with Crippen molar-refractivity contribution in [2.24, 2.45) is 0 Å². The number of nitrogens with one attached hydrogen (secondary N) is 1. The summed E-state index contributed by atoms with van der Waals surface area (Å²) in [6.45, 7) is 1.51. The zero-order valence-electron chi connectivity index (χ0n) is 17.8. The van der Waals surface area contributed by atoms with Gasteiger partial charge in [0.15, 0.2) is 11.6 Å². The van der Waals surface area contributed by atoms with Crippen molar-refractivity contribution in [1.82, 2.24) is 19.9 Å². The number of hydrogen-bond acceptors (Lipinski definition) is 5. The van der Waals surface area contributed by atoms with Crippen LogP contribution in [0.5, 0.6) is 0 Å². The van der Waals surface area contributed by atoms with Crippen molar-refractivity contribution in [2.45, 2.75) is 21.6 Å². The van der Waals surface area contributed by atoms with Gasteiger partial charge in [0.2, 0.25) is 21.1 Å². The van der Waals surface area contributed by atoms with Gasteiger partial charge in [0.1, 0.15) is 0 Å². The Labute approximate surface area is 263 Å². The third kappa shape index (κ3) is 13.4. The summed E-state index contributed by atoms with van der Waals surface area (Å²) in [5.41, 5.74) is 1.06. The molecule has 0 saturated heterocycles. The molecule has 0 radical (unpaired) electrons. The summed E-state index contributed by atoms with van der Waals surface area (Å²) in [7, 11) is 3.95. The number of anilines is 1. The average molecular weight is 729 g/mol. The molecule has 0 unspecified atom stereocenters. The van der Waals surface area contributed by atoms with Crippen molar-refractivity contribution in [3.05, 3.63) is 47.0 Å². The molecule has 0 bridgehead atoms. The molecule has 0 fully saturated rings. The van der Waals surface area contributed by atoms with Gasteiger partial charge >= 0.3 is 0 Å². The molecule has 1 N–H and O–H groups in total. The van der Waals surface area contributed by atoms with Crippen LogP contribution in [0.15, 0.2) is 24.3 Å². The van der Waals surface area contributed by atoms with Crippen LogP contribution < -0.4 is 5.32 Å². The molecule has 1 aromatic heterocycles. The lowest BCUT2D eigenvalue weighted by Crippen LogP contribution is -2.20. The van der Waals surface area contributed by atoms with Gasteiger partial charge in [-0.2, -0.15) is 9.97 Å². The van der Waals surface area contributed by atoms with Gasteiger partial charge in [-0.15, -0.1) is 0 Å². The second-order valence-electron chi connectivity index (χ2n) is 6.96. The summed E-state index contributed by atoms with van der Waals surface area (Å²) in [4.78, 5) is 14.0. The molecular weight excluding hydrogens is 712 g/mol. The van der Waals surface area contributed by atoms with Crippen molar-refractivity contribution >= 4 is 145 Å². The molecule has 17 heteroatoms. The summed E-state index contributed by atoms with van der Waals surface area (Å²) < 4.78 is -6.58. The highest BCUT2D eigenvalue weighted by molar-refractivity contribution is 6.68. The number of aromatic nitrogens is 3. The first kappa shape index (κ1) is 34.5. The van der Waals surface area contributed by atoms with E-state index in [1.807, 2.05) is 14.1 Å². The minimum atomic E-state index is -1.84. The first-order chi connectivity index (χ1) is 15.7. The Balaban J connectivity index is 0.000000379. The largest absolute Gasteiger partial charge is 0.354 e. The van der Waals surface area contributed by atoms with Crippen LogP contribution in [-0.2, 0) is 15.2 Å². The van der Waals surface area contributed by atoms with Crippen LogP contribution >= 0.6 is 139 Å². The van der Waals surface area contributed by atoms with E-state index < -0.39 is 15.2 Å². The van der Waals surface area contributed by atoms with Gasteiger partial charge in [0, 0.05) is 17.7 Å². The van der Waals surface area contributed by atoms with Crippen LogP contribution in [0.4, 0.5) is 5.95 Å². The SMILES string of the molecule is CN(C)CCCNc1nc(C(Cl)(Cl)Cl)nc(C(Cl)(Cl)Cl)n1.ClC(Cl)(Cl)c1ccc(C(Cl)(Cl)Cl)cc1. The van der Waals surface area contributed by atoms with Crippen LogP contribution in [0, 0.1) is 0 Å². The molecule has 0 atom stereocenters. The normalized spacial score (nSPS) is 12.9. The number of halogens is 12. The van der Waals surface area contributed by atoms with E-state index in [9.17, 15) is 0 Å². The number of rotatable bonds is 5. The zero-order chi connectivity index (χ0) is 27.2. The van der Waals surface area contributed by atoms with E-state index in [2.05, 4.69) is 25.2 Å². The zero-order valence-corrected chi connectivity index (χ0v) is 26.8. The predicted molar refractivity (Wildman–Crippen MR) is 155 cm³/mol. The molecule has 0 spiro atoms. The molecular formula is C18H17Cl12N5. The van der Waals surface area contributed by atoms with Gasteiger partial charge in [-0.3, -0.25) is 0 Å². The van der Waals surface area contributed by atoms with Crippen molar-refractivity contribution in [3.63, 3.8) is 0 Å². The highest BCUT2D eigenvalue weighted by Gasteiger charge is 2.33. The standard InChI is InChI=1S/C10H13Cl6N5.C8H4Cl6/c1-21(2)5-3-4-17-8-19-6(9(11,12)13)18-7(20-8)10(14,15)16;9-7(10,11)5-1-2-6(4-3-5)8(12,13)14/h3-5H2,1-2H3,(H,17,18,19,20);1-4H. The van der Waals surface area contributed by atoms with Gasteiger partial charge < -0.3 is 10.2 Å². The molecule has 0 aliphatic carbocycles. The summed E-state index contributed by atoms with van der Waals surface area (Å²) in [5.74, 6) is -0.0377. The molecule has 1 aromatic carbocycles. The van der Waals surface area contributed by atoms with E-state index in [-0.39, 0.29) is 17.6 Å².